The Kier molecular flexibility index (Phi) is 5.11. The van der Waals surface area contributed by atoms with Crippen molar-refractivity contribution in [2.24, 2.45) is 0 Å². The summed E-state index contributed by atoms with van der Waals surface area (Å²) in [4.78, 5) is 34.8. The first-order chi connectivity index (χ1) is 13.5. The summed E-state index contributed by atoms with van der Waals surface area (Å²) in [6.07, 6.45) is 0.188. The number of aromatic amines is 1. The summed E-state index contributed by atoms with van der Waals surface area (Å²) in [6.45, 7) is 3.98. The van der Waals surface area contributed by atoms with Gasteiger partial charge in [0, 0.05) is 20.7 Å². The zero-order valence-corrected chi connectivity index (χ0v) is 17.1. The Morgan fingerprint density at radius 2 is 1.93 bits per heavy atom. The number of thiophene rings is 2. The van der Waals surface area contributed by atoms with Crippen LogP contribution in [-0.4, -0.2) is 15.9 Å². The van der Waals surface area contributed by atoms with Gasteiger partial charge >= 0.3 is 5.97 Å². The minimum Gasteiger partial charge on any atom is -0.457 e. The number of carbonyl (C=O) groups excluding carboxylic acids is 1. The van der Waals surface area contributed by atoms with E-state index in [0.29, 0.717) is 16.0 Å². The van der Waals surface area contributed by atoms with E-state index in [2.05, 4.69) is 9.97 Å². The molecule has 0 saturated heterocycles. The van der Waals surface area contributed by atoms with Crippen LogP contribution >= 0.6 is 22.7 Å². The van der Waals surface area contributed by atoms with Gasteiger partial charge in [-0.3, -0.25) is 9.59 Å². The Morgan fingerprint density at radius 1 is 1.14 bits per heavy atom. The molecule has 0 fully saturated rings. The van der Waals surface area contributed by atoms with Crippen LogP contribution in [0.15, 0.2) is 46.6 Å². The van der Waals surface area contributed by atoms with Gasteiger partial charge in [0.25, 0.3) is 5.56 Å². The summed E-state index contributed by atoms with van der Waals surface area (Å²) < 4.78 is 5.30. The monoisotopic (exact) mass is 410 g/mol. The summed E-state index contributed by atoms with van der Waals surface area (Å²) in [6, 6.07) is 11.8. The maximum atomic E-state index is 12.6. The third-order valence-corrected chi connectivity index (χ3v) is 6.24. The normalized spacial score (nSPS) is 11.1. The topological polar surface area (TPSA) is 72.0 Å². The zero-order valence-electron chi connectivity index (χ0n) is 15.4. The Morgan fingerprint density at radius 3 is 2.64 bits per heavy atom. The van der Waals surface area contributed by atoms with Crippen LogP contribution in [0.5, 0.6) is 0 Å². The van der Waals surface area contributed by atoms with Gasteiger partial charge < -0.3 is 9.72 Å². The molecule has 3 heterocycles. The largest absolute Gasteiger partial charge is 0.457 e. The van der Waals surface area contributed by atoms with Gasteiger partial charge in [-0.1, -0.05) is 29.8 Å². The van der Waals surface area contributed by atoms with Gasteiger partial charge in [-0.2, -0.15) is 0 Å². The number of carbonyl (C=O) groups is 1. The van der Waals surface area contributed by atoms with Crippen LogP contribution in [-0.2, 0) is 22.6 Å². The molecule has 28 heavy (non-hydrogen) atoms. The molecule has 1 N–H and O–H groups in total. The highest BCUT2D eigenvalue weighted by atomic mass is 32.1. The molecule has 0 unspecified atom stereocenters. The lowest BCUT2D eigenvalue weighted by Gasteiger charge is -2.05. The third kappa shape index (κ3) is 3.90. The van der Waals surface area contributed by atoms with Crippen LogP contribution in [0.2, 0.25) is 0 Å². The van der Waals surface area contributed by atoms with Crippen LogP contribution in [0, 0.1) is 13.8 Å². The number of esters is 1. The Balaban J connectivity index is 1.50. The van der Waals surface area contributed by atoms with E-state index in [4.69, 9.17) is 4.74 Å². The average Bonchev–Trinajstić information content (AvgIpc) is 3.28. The zero-order chi connectivity index (χ0) is 19.7. The molecule has 0 radical (unpaired) electrons. The van der Waals surface area contributed by atoms with Gasteiger partial charge in [0.2, 0.25) is 0 Å². The summed E-state index contributed by atoms with van der Waals surface area (Å²) in [5, 5.41) is 2.53. The molecular weight excluding hydrogens is 392 g/mol. The van der Waals surface area contributed by atoms with Gasteiger partial charge in [0.15, 0.2) is 0 Å². The van der Waals surface area contributed by atoms with Gasteiger partial charge in [-0.25, -0.2) is 4.98 Å². The lowest BCUT2D eigenvalue weighted by molar-refractivity contribution is -0.144. The number of hydrogen-bond donors (Lipinski definition) is 1. The molecule has 7 heteroatoms. The predicted molar refractivity (Wildman–Crippen MR) is 113 cm³/mol. The molecular formula is C21H18N2O3S2. The summed E-state index contributed by atoms with van der Waals surface area (Å²) in [7, 11) is 0. The Bertz CT molecular complexity index is 1200. The molecule has 0 aliphatic heterocycles. The van der Waals surface area contributed by atoms with Crippen molar-refractivity contribution in [2.75, 3.05) is 0 Å². The molecule has 0 aliphatic rings. The molecule has 4 rings (SSSR count). The van der Waals surface area contributed by atoms with Crippen molar-refractivity contribution in [1.29, 1.82) is 0 Å². The Labute approximate surface area is 169 Å². The van der Waals surface area contributed by atoms with E-state index < -0.39 is 0 Å². The number of nitrogens with one attached hydrogen (secondary N) is 1. The van der Waals surface area contributed by atoms with Gasteiger partial charge in [0.1, 0.15) is 17.3 Å². The molecule has 0 atom stereocenters. The SMILES string of the molecule is Cc1ccc(CC(=O)OCc2nc3scc(-c4ccc(C)s4)c3c(=O)[nH]2)cc1. The van der Waals surface area contributed by atoms with Gasteiger partial charge in [0.05, 0.1) is 11.8 Å². The van der Waals surface area contributed by atoms with Crippen LogP contribution in [0.25, 0.3) is 20.7 Å². The molecule has 0 spiro atoms. The molecule has 0 amide bonds. The lowest BCUT2D eigenvalue weighted by Crippen LogP contribution is -2.15. The first-order valence-corrected chi connectivity index (χ1v) is 10.5. The number of H-pyrrole nitrogens is 1. The van der Waals surface area contributed by atoms with Crippen molar-refractivity contribution in [1.82, 2.24) is 9.97 Å². The van der Waals surface area contributed by atoms with E-state index in [9.17, 15) is 9.59 Å². The first-order valence-electron chi connectivity index (χ1n) is 8.78. The molecule has 0 bridgehead atoms. The fourth-order valence-corrected chi connectivity index (χ4v) is 4.82. The van der Waals surface area contributed by atoms with Crippen LogP contribution in [0.4, 0.5) is 0 Å². The highest BCUT2D eigenvalue weighted by molar-refractivity contribution is 7.19. The second kappa shape index (κ2) is 7.69. The van der Waals surface area contributed by atoms with Crippen molar-refractivity contribution in [3.8, 4) is 10.4 Å². The molecule has 0 aliphatic carbocycles. The van der Waals surface area contributed by atoms with Crippen molar-refractivity contribution < 1.29 is 9.53 Å². The highest BCUT2D eigenvalue weighted by Gasteiger charge is 2.15. The van der Waals surface area contributed by atoms with E-state index >= 15 is 0 Å². The number of ether oxygens (including phenoxy) is 1. The van der Waals surface area contributed by atoms with Crippen molar-refractivity contribution in [3.63, 3.8) is 0 Å². The second-order valence-electron chi connectivity index (χ2n) is 6.58. The summed E-state index contributed by atoms with van der Waals surface area (Å²) >= 11 is 3.07. The van der Waals surface area contributed by atoms with Crippen LogP contribution < -0.4 is 5.56 Å². The quantitative estimate of drug-likeness (QED) is 0.488. The molecule has 5 nitrogen and oxygen atoms in total. The number of aryl methyl sites for hydroxylation is 2. The first kappa shape index (κ1) is 18.6. The minimum atomic E-state index is -0.354. The standard InChI is InChI=1S/C21H18N2O3S2/c1-12-3-6-14(7-4-12)9-18(24)26-10-17-22-20(25)19-15(11-27-21(19)23-17)16-8-5-13(2)28-16/h3-8,11H,9-10H2,1-2H3,(H,22,23,25). The number of rotatable bonds is 5. The second-order valence-corrected chi connectivity index (χ2v) is 8.72. The number of aromatic nitrogens is 2. The third-order valence-electron chi connectivity index (χ3n) is 4.34. The number of benzene rings is 1. The summed E-state index contributed by atoms with van der Waals surface area (Å²) in [5.74, 6) is -0.00181. The van der Waals surface area contributed by atoms with Crippen LogP contribution in [0.3, 0.4) is 0 Å². The molecule has 3 aromatic heterocycles. The fraction of sp³-hybridized carbons (Fsp3) is 0.190. The van der Waals surface area contributed by atoms with Crippen LogP contribution in [0.1, 0.15) is 21.8 Å². The maximum Gasteiger partial charge on any atom is 0.310 e. The van der Waals surface area contributed by atoms with Gasteiger partial charge in [-0.05, 0) is 31.5 Å². The summed E-state index contributed by atoms with van der Waals surface area (Å²) in [5.41, 5.74) is 2.72. The lowest BCUT2D eigenvalue weighted by atomic mass is 10.1. The smallest absolute Gasteiger partial charge is 0.310 e. The number of hydrogen-bond acceptors (Lipinski definition) is 6. The molecule has 142 valence electrons. The van der Waals surface area contributed by atoms with E-state index in [-0.39, 0.29) is 24.6 Å². The van der Waals surface area contributed by atoms with E-state index in [1.54, 1.807) is 11.3 Å². The van der Waals surface area contributed by atoms with Crippen molar-refractivity contribution in [3.05, 3.63) is 74.0 Å². The maximum absolute atomic E-state index is 12.6. The average molecular weight is 411 g/mol. The molecule has 0 saturated carbocycles. The Hall–Kier alpha value is -2.77. The van der Waals surface area contributed by atoms with Crippen molar-refractivity contribution >= 4 is 38.9 Å². The van der Waals surface area contributed by atoms with E-state index in [1.807, 2.05) is 55.6 Å². The highest BCUT2D eigenvalue weighted by Crippen LogP contribution is 2.34. The predicted octanol–water partition coefficient (Wildman–Crippen LogP) is 4.62. The van der Waals surface area contributed by atoms with E-state index in [1.165, 1.54) is 16.2 Å². The van der Waals surface area contributed by atoms with E-state index in [0.717, 1.165) is 21.6 Å². The molecule has 1 aromatic carbocycles. The van der Waals surface area contributed by atoms with Gasteiger partial charge in [-0.15, -0.1) is 22.7 Å². The molecule has 4 aromatic rings. The number of fused-ring (bicyclic) bond motifs is 1. The van der Waals surface area contributed by atoms with Crippen molar-refractivity contribution in [2.45, 2.75) is 26.9 Å². The minimum absolute atomic E-state index is 0.0543. The fourth-order valence-electron chi connectivity index (χ4n) is 2.89. The number of nitrogens with zero attached hydrogens (tertiary/aromatic N) is 1.